The van der Waals surface area contributed by atoms with Crippen LogP contribution in [-0.4, -0.2) is 9.13 Å². The molecule has 0 saturated carbocycles. The van der Waals surface area contributed by atoms with Gasteiger partial charge in [-0.3, -0.25) is 4.57 Å². The molecule has 0 fully saturated rings. The van der Waals surface area contributed by atoms with Gasteiger partial charge in [0.05, 0.1) is 21.9 Å². The minimum atomic E-state index is 0.873. The Balaban J connectivity index is 1.12. The predicted octanol–water partition coefficient (Wildman–Crippen LogP) is 12.0. The molecule has 10 rings (SSSR count). The Morgan fingerprint density at radius 2 is 0.957 bits per heavy atom. The van der Waals surface area contributed by atoms with E-state index < -0.39 is 0 Å². The molecule has 0 unspecified atom stereocenters. The predicted molar refractivity (Wildman–Crippen MR) is 196 cm³/mol. The molecule has 3 aromatic heterocycles. The smallest absolute Gasteiger partial charge is 0.213 e. The van der Waals surface area contributed by atoms with Gasteiger partial charge in [0.25, 0.3) is 0 Å². The first-order valence-corrected chi connectivity index (χ1v) is 16.0. The van der Waals surface area contributed by atoms with E-state index >= 15 is 0 Å². The van der Waals surface area contributed by atoms with Gasteiger partial charge in [-0.15, -0.1) is 0 Å². The molecule has 0 atom stereocenters. The van der Waals surface area contributed by atoms with Crippen molar-refractivity contribution in [3.05, 3.63) is 170 Å². The van der Waals surface area contributed by atoms with Crippen LogP contribution in [0.1, 0.15) is 0 Å². The highest BCUT2D eigenvalue weighted by Crippen LogP contribution is 2.43. The van der Waals surface area contributed by atoms with E-state index in [-0.39, 0.29) is 0 Å². The number of rotatable bonds is 4. The Bertz CT molecular complexity index is 2720. The molecule has 0 aliphatic heterocycles. The van der Waals surface area contributed by atoms with Crippen molar-refractivity contribution in [2.75, 3.05) is 0 Å². The molecular formula is C44H28N2O. The van der Waals surface area contributed by atoms with E-state index in [0.29, 0.717) is 0 Å². The standard InChI is InChI=1S/C44H28N2O/c1-2-13-32(14-3-1)46-40-22-11-19-34(42(40)43-37-18-6-9-23-41(37)47-44(43)46)30-26-24-29(25-27-30)31-12-10-15-33(28-31)45-38-20-7-4-16-35(38)36-17-5-8-21-39(36)45/h1-28H. The number of furan rings is 1. The lowest BCUT2D eigenvalue weighted by Gasteiger charge is -2.11. The van der Waals surface area contributed by atoms with Crippen LogP contribution in [0.3, 0.4) is 0 Å². The van der Waals surface area contributed by atoms with Gasteiger partial charge in [0.15, 0.2) is 0 Å². The molecule has 0 bridgehead atoms. The fourth-order valence-corrected chi connectivity index (χ4v) is 7.47. The molecule has 0 radical (unpaired) electrons. The lowest BCUT2D eigenvalue weighted by atomic mass is 9.96. The molecule has 3 nitrogen and oxygen atoms in total. The fourth-order valence-electron chi connectivity index (χ4n) is 7.47. The van der Waals surface area contributed by atoms with Crippen molar-refractivity contribution in [1.29, 1.82) is 0 Å². The Morgan fingerprint density at radius 3 is 1.72 bits per heavy atom. The maximum absolute atomic E-state index is 6.55. The zero-order valence-corrected chi connectivity index (χ0v) is 25.5. The summed E-state index contributed by atoms with van der Waals surface area (Å²) in [4.78, 5) is 0. The molecule has 0 amide bonds. The van der Waals surface area contributed by atoms with Crippen LogP contribution in [0, 0.1) is 0 Å². The summed E-state index contributed by atoms with van der Waals surface area (Å²) in [5.74, 6) is 0. The number of para-hydroxylation sites is 4. The van der Waals surface area contributed by atoms with Crippen molar-refractivity contribution in [2.24, 2.45) is 0 Å². The van der Waals surface area contributed by atoms with Gasteiger partial charge in [0.1, 0.15) is 5.58 Å². The number of benzene rings is 7. The van der Waals surface area contributed by atoms with E-state index in [1.807, 2.05) is 6.07 Å². The molecule has 0 spiro atoms. The van der Waals surface area contributed by atoms with Gasteiger partial charge < -0.3 is 8.98 Å². The molecule has 47 heavy (non-hydrogen) atoms. The Morgan fingerprint density at radius 1 is 0.362 bits per heavy atom. The van der Waals surface area contributed by atoms with Crippen molar-refractivity contribution < 1.29 is 4.42 Å². The van der Waals surface area contributed by atoms with Crippen molar-refractivity contribution >= 4 is 54.8 Å². The third kappa shape index (κ3) is 3.87. The first-order valence-electron chi connectivity index (χ1n) is 16.0. The quantitative estimate of drug-likeness (QED) is 0.197. The summed E-state index contributed by atoms with van der Waals surface area (Å²) >= 11 is 0. The van der Waals surface area contributed by atoms with E-state index in [9.17, 15) is 0 Å². The number of hydrogen-bond donors (Lipinski definition) is 0. The second-order valence-electron chi connectivity index (χ2n) is 12.1. The Hall–Kier alpha value is -6.32. The molecule has 10 aromatic rings. The van der Waals surface area contributed by atoms with Gasteiger partial charge in [-0.05, 0) is 70.8 Å². The van der Waals surface area contributed by atoms with Crippen LogP contribution in [0.2, 0.25) is 0 Å². The molecule has 0 saturated heterocycles. The average molecular weight is 601 g/mol. The van der Waals surface area contributed by atoms with Crippen LogP contribution in [0.4, 0.5) is 0 Å². The van der Waals surface area contributed by atoms with Gasteiger partial charge in [-0.1, -0.05) is 121 Å². The van der Waals surface area contributed by atoms with Gasteiger partial charge in [-0.25, -0.2) is 0 Å². The zero-order chi connectivity index (χ0) is 30.9. The zero-order valence-electron chi connectivity index (χ0n) is 25.5. The summed E-state index contributed by atoms with van der Waals surface area (Å²) in [7, 11) is 0. The van der Waals surface area contributed by atoms with Crippen molar-refractivity contribution in [3.8, 4) is 33.6 Å². The maximum atomic E-state index is 6.55. The second-order valence-corrected chi connectivity index (χ2v) is 12.1. The van der Waals surface area contributed by atoms with Crippen LogP contribution in [0.15, 0.2) is 174 Å². The lowest BCUT2D eigenvalue weighted by molar-refractivity contribution is 0.645. The number of fused-ring (bicyclic) bond motifs is 8. The van der Waals surface area contributed by atoms with Crippen molar-refractivity contribution in [3.63, 3.8) is 0 Å². The normalized spacial score (nSPS) is 11.8. The highest BCUT2D eigenvalue weighted by molar-refractivity contribution is 6.24. The lowest BCUT2D eigenvalue weighted by Crippen LogP contribution is -1.94. The summed E-state index contributed by atoms with van der Waals surface area (Å²) in [5.41, 5.74) is 12.3. The van der Waals surface area contributed by atoms with Gasteiger partial charge in [0, 0.05) is 32.9 Å². The topological polar surface area (TPSA) is 23.0 Å². The number of hydrogen-bond acceptors (Lipinski definition) is 1. The molecule has 7 aromatic carbocycles. The maximum Gasteiger partial charge on any atom is 0.213 e. The average Bonchev–Trinajstić information content (AvgIpc) is 3.79. The largest absolute Gasteiger partial charge is 0.439 e. The van der Waals surface area contributed by atoms with E-state index in [4.69, 9.17) is 4.42 Å². The number of nitrogens with zero attached hydrogens (tertiary/aromatic N) is 2. The van der Waals surface area contributed by atoms with Crippen molar-refractivity contribution in [2.45, 2.75) is 0 Å². The Kier molecular flexibility index (Phi) is 5.57. The fraction of sp³-hybridized carbons (Fsp3) is 0. The van der Waals surface area contributed by atoms with Crippen LogP contribution >= 0.6 is 0 Å². The third-order valence-corrected chi connectivity index (χ3v) is 9.54. The van der Waals surface area contributed by atoms with Crippen LogP contribution in [-0.2, 0) is 0 Å². The number of aromatic nitrogens is 2. The third-order valence-electron chi connectivity index (χ3n) is 9.54. The monoisotopic (exact) mass is 600 g/mol. The van der Waals surface area contributed by atoms with E-state index in [0.717, 1.165) is 39.0 Å². The summed E-state index contributed by atoms with van der Waals surface area (Å²) in [6, 6.07) is 60.6. The van der Waals surface area contributed by atoms with E-state index in [1.165, 1.54) is 49.4 Å². The second kappa shape index (κ2) is 10.1. The molecule has 220 valence electrons. The van der Waals surface area contributed by atoms with Gasteiger partial charge >= 0.3 is 0 Å². The van der Waals surface area contributed by atoms with Crippen LogP contribution in [0.5, 0.6) is 0 Å². The minimum Gasteiger partial charge on any atom is -0.439 e. The van der Waals surface area contributed by atoms with E-state index in [1.54, 1.807) is 0 Å². The summed E-state index contributed by atoms with van der Waals surface area (Å²) in [5, 5.41) is 6.03. The highest BCUT2D eigenvalue weighted by Gasteiger charge is 2.22. The Labute approximate surface area is 271 Å². The first kappa shape index (κ1) is 26.0. The molecule has 0 aliphatic carbocycles. The molecule has 0 aliphatic rings. The first-order chi connectivity index (χ1) is 23.3. The summed E-state index contributed by atoms with van der Waals surface area (Å²) in [6.07, 6.45) is 0. The van der Waals surface area contributed by atoms with Gasteiger partial charge in [0.2, 0.25) is 5.71 Å². The van der Waals surface area contributed by atoms with Crippen molar-refractivity contribution in [1.82, 2.24) is 9.13 Å². The molecule has 3 heteroatoms. The van der Waals surface area contributed by atoms with Gasteiger partial charge in [-0.2, -0.15) is 0 Å². The highest BCUT2D eigenvalue weighted by atomic mass is 16.3. The molecular weight excluding hydrogens is 572 g/mol. The SMILES string of the molecule is c1ccc(-n2c3cccc(-c4ccc(-c5cccc(-n6c7ccccc7c7ccccc76)c5)cc4)c3c3c4ccccc4oc32)cc1. The summed E-state index contributed by atoms with van der Waals surface area (Å²) in [6.45, 7) is 0. The minimum absolute atomic E-state index is 0.873. The summed E-state index contributed by atoms with van der Waals surface area (Å²) < 4.78 is 11.2. The van der Waals surface area contributed by atoms with Crippen LogP contribution < -0.4 is 0 Å². The molecule has 3 heterocycles. The molecule has 0 N–H and O–H groups in total. The van der Waals surface area contributed by atoms with E-state index in [2.05, 4.69) is 173 Å². The van der Waals surface area contributed by atoms with Crippen LogP contribution in [0.25, 0.3) is 88.4 Å².